The smallest absolute Gasteiger partial charge is 0.400 e. The highest BCUT2D eigenvalue weighted by molar-refractivity contribution is 6.54. The van der Waals surface area contributed by atoms with Gasteiger partial charge in [0.05, 0.1) is 11.2 Å². The van der Waals surface area contributed by atoms with Crippen molar-refractivity contribution in [3.8, 4) is 0 Å². The molecule has 1 atom stereocenters. The predicted octanol–water partition coefficient (Wildman–Crippen LogP) is 4.40. The first-order valence-corrected chi connectivity index (χ1v) is 7.98. The standard InChI is InChI=1S/C18H25BO2/c1-17(2)18(3,4)21-19(20-17)16-12-8-11-15(13-16)14-9-6-5-7-10-14/h6,8-12,15H,5,7,13H2,1-4H3. The summed E-state index contributed by atoms with van der Waals surface area (Å²) in [7, 11) is -0.212. The summed E-state index contributed by atoms with van der Waals surface area (Å²) in [6.07, 6.45) is 16.8. The SMILES string of the molecule is CC1(C)OB(C2=CC=CC(C3=CCCC=C3)C2)OC1(C)C. The summed E-state index contributed by atoms with van der Waals surface area (Å²) < 4.78 is 12.4. The second-order valence-electron chi connectivity index (χ2n) is 7.21. The van der Waals surface area contributed by atoms with Crippen molar-refractivity contribution in [1.29, 1.82) is 0 Å². The van der Waals surface area contributed by atoms with Crippen LogP contribution in [0.2, 0.25) is 0 Å². The van der Waals surface area contributed by atoms with Crippen molar-refractivity contribution in [2.45, 2.75) is 58.2 Å². The summed E-state index contributed by atoms with van der Waals surface area (Å²) in [5, 5.41) is 0. The number of allylic oxidation sites excluding steroid dienone is 8. The lowest BCUT2D eigenvalue weighted by molar-refractivity contribution is 0.00578. The van der Waals surface area contributed by atoms with Crippen LogP contribution in [0.3, 0.4) is 0 Å². The Labute approximate surface area is 128 Å². The van der Waals surface area contributed by atoms with E-state index >= 15 is 0 Å². The molecule has 112 valence electrons. The Morgan fingerprint density at radius 3 is 2.43 bits per heavy atom. The van der Waals surface area contributed by atoms with Gasteiger partial charge in [-0.3, -0.25) is 0 Å². The van der Waals surface area contributed by atoms with Crippen LogP contribution in [0.5, 0.6) is 0 Å². The third-order valence-electron chi connectivity index (χ3n) is 5.12. The zero-order chi connectivity index (χ0) is 15.1. The summed E-state index contributed by atoms with van der Waals surface area (Å²) in [6, 6.07) is 0. The summed E-state index contributed by atoms with van der Waals surface area (Å²) >= 11 is 0. The second-order valence-corrected chi connectivity index (χ2v) is 7.21. The molecule has 0 saturated carbocycles. The Bertz CT molecular complexity index is 521. The zero-order valence-electron chi connectivity index (χ0n) is 13.6. The number of hydrogen-bond acceptors (Lipinski definition) is 2. The average molecular weight is 284 g/mol. The van der Waals surface area contributed by atoms with Crippen molar-refractivity contribution in [2.75, 3.05) is 0 Å². The van der Waals surface area contributed by atoms with E-state index in [2.05, 4.69) is 64.2 Å². The van der Waals surface area contributed by atoms with Crippen molar-refractivity contribution < 1.29 is 9.31 Å². The predicted molar refractivity (Wildman–Crippen MR) is 87.9 cm³/mol. The van der Waals surface area contributed by atoms with Crippen LogP contribution in [0.25, 0.3) is 0 Å². The van der Waals surface area contributed by atoms with Crippen molar-refractivity contribution in [1.82, 2.24) is 0 Å². The van der Waals surface area contributed by atoms with E-state index in [1.807, 2.05) is 0 Å². The lowest BCUT2D eigenvalue weighted by Crippen LogP contribution is -2.41. The quantitative estimate of drug-likeness (QED) is 0.700. The van der Waals surface area contributed by atoms with E-state index in [9.17, 15) is 0 Å². The largest absolute Gasteiger partial charge is 0.490 e. The molecule has 3 heteroatoms. The van der Waals surface area contributed by atoms with Crippen molar-refractivity contribution in [3.63, 3.8) is 0 Å². The first-order valence-electron chi connectivity index (χ1n) is 7.98. The van der Waals surface area contributed by atoms with Gasteiger partial charge < -0.3 is 9.31 Å². The van der Waals surface area contributed by atoms with E-state index in [0.29, 0.717) is 5.92 Å². The van der Waals surface area contributed by atoms with Gasteiger partial charge in [0.2, 0.25) is 0 Å². The molecule has 2 nitrogen and oxygen atoms in total. The molecule has 0 N–H and O–H groups in total. The molecule has 21 heavy (non-hydrogen) atoms. The molecule has 1 aliphatic heterocycles. The molecular weight excluding hydrogens is 259 g/mol. The maximum Gasteiger partial charge on any atom is 0.490 e. The first-order chi connectivity index (χ1) is 9.89. The molecule has 0 amide bonds. The molecular formula is C18H25BO2. The summed E-state index contributed by atoms with van der Waals surface area (Å²) in [4.78, 5) is 0. The van der Waals surface area contributed by atoms with Crippen LogP contribution in [0.4, 0.5) is 0 Å². The normalized spacial score (nSPS) is 30.3. The molecule has 1 unspecified atom stereocenters. The van der Waals surface area contributed by atoms with Crippen LogP contribution in [0, 0.1) is 5.92 Å². The van der Waals surface area contributed by atoms with E-state index in [1.54, 1.807) is 0 Å². The summed E-state index contributed by atoms with van der Waals surface area (Å²) in [5.41, 5.74) is 2.15. The van der Waals surface area contributed by atoms with Crippen LogP contribution in [0.15, 0.2) is 47.5 Å². The Kier molecular flexibility index (Phi) is 3.75. The maximum absolute atomic E-state index is 6.18. The van der Waals surface area contributed by atoms with Crippen molar-refractivity contribution in [3.05, 3.63) is 47.5 Å². The van der Waals surface area contributed by atoms with E-state index in [1.165, 1.54) is 17.5 Å². The van der Waals surface area contributed by atoms with Gasteiger partial charge in [0, 0.05) is 5.92 Å². The molecule has 0 bridgehead atoms. The lowest BCUT2D eigenvalue weighted by atomic mass is 9.70. The Balaban J connectivity index is 1.73. The first kappa shape index (κ1) is 14.9. The topological polar surface area (TPSA) is 18.5 Å². The maximum atomic E-state index is 6.18. The third-order valence-corrected chi connectivity index (χ3v) is 5.12. The highest BCUT2D eigenvalue weighted by Gasteiger charge is 2.52. The van der Waals surface area contributed by atoms with Gasteiger partial charge in [-0.15, -0.1) is 0 Å². The molecule has 3 rings (SSSR count). The van der Waals surface area contributed by atoms with E-state index in [-0.39, 0.29) is 18.3 Å². The van der Waals surface area contributed by atoms with Gasteiger partial charge in [0.1, 0.15) is 0 Å². The van der Waals surface area contributed by atoms with Gasteiger partial charge in [0.25, 0.3) is 0 Å². The van der Waals surface area contributed by atoms with Crippen LogP contribution in [0.1, 0.15) is 47.0 Å². The van der Waals surface area contributed by atoms with Gasteiger partial charge in [-0.25, -0.2) is 0 Å². The minimum absolute atomic E-state index is 0.212. The lowest BCUT2D eigenvalue weighted by Gasteiger charge is -2.32. The zero-order valence-corrected chi connectivity index (χ0v) is 13.6. The molecule has 2 aliphatic carbocycles. The Morgan fingerprint density at radius 1 is 1.10 bits per heavy atom. The molecule has 0 spiro atoms. The van der Waals surface area contributed by atoms with Crippen LogP contribution in [-0.2, 0) is 9.31 Å². The number of rotatable bonds is 2. The minimum atomic E-state index is -0.265. The second kappa shape index (κ2) is 5.29. The highest BCUT2D eigenvalue weighted by atomic mass is 16.7. The molecule has 1 heterocycles. The Hall–Kier alpha value is -1.06. The van der Waals surface area contributed by atoms with Crippen LogP contribution < -0.4 is 0 Å². The summed E-state index contributed by atoms with van der Waals surface area (Å²) in [5.74, 6) is 0.459. The van der Waals surface area contributed by atoms with Crippen LogP contribution >= 0.6 is 0 Å². The summed E-state index contributed by atoms with van der Waals surface area (Å²) in [6.45, 7) is 8.43. The van der Waals surface area contributed by atoms with Crippen LogP contribution in [-0.4, -0.2) is 18.3 Å². The molecule has 1 fully saturated rings. The molecule has 0 aromatic heterocycles. The van der Waals surface area contributed by atoms with Gasteiger partial charge in [-0.05, 0) is 58.0 Å². The fourth-order valence-electron chi connectivity index (χ4n) is 3.01. The van der Waals surface area contributed by atoms with Gasteiger partial charge in [-0.2, -0.15) is 0 Å². The van der Waals surface area contributed by atoms with Crippen molar-refractivity contribution >= 4 is 7.12 Å². The molecule has 0 aromatic carbocycles. The fourth-order valence-corrected chi connectivity index (χ4v) is 3.01. The number of hydrogen-bond donors (Lipinski definition) is 0. The average Bonchev–Trinajstić information content (AvgIpc) is 2.69. The van der Waals surface area contributed by atoms with E-state index in [0.717, 1.165) is 12.8 Å². The minimum Gasteiger partial charge on any atom is -0.400 e. The van der Waals surface area contributed by atoms with Crippen molar-refractivity contribution in [2.24, 2.45) is 5.92 Å². The Morgan fingerprint density at radius 2 is 1.81 bits per heavy atom. The molecule has 0 radical (unpaired) electrons. The van der Waals surface area contributed by atoms with E-state index in [4.69, 9.17) is 9.31 Å². The molecule has 1 saturated heterocycles. The fraction of sp³-hybridized carbons (Fsp3) is 0.556. The van der Waals surface area contributed by atoms with Gasteiger partial charge in [-0.1, -0.05) is 36.5 Å². The molecule has 3 aliphatic rings. The highest BCUT2D eigenvalue weighted by Crippen LogP contribution is 2.41. The molecule has 0 aromatic rings. The third kappa shape index (κ3) is 2.82. The monoisotopic (exact) mass is 284 g/mol. The van der Waals surface area contributed by atoms with Gasteiger partial charge in [0.15, 0.2) is 0 Å². The van der Waals surface area contributed by atoms with Gasteiger partial charge >= 0.3 is 7.12 Å². The van der Waals surface area contributed by atoms with E-state index < -0.39 is 0 Å².